The molecule has 15 aromatic rings. The molecule has 0 saturated heterocycles. The lowest BCUT2D eigenvalue weighted by atomic mass is 9.80. The second kappa shape index (κ2) is 34.3. The first-order chi connectivity index (χ1) is 63.3. The molecular weight excluding hydrogens is 1660 g/mol. The number of para-hydroxylation sites is 2. The first kappa shape index (κ1) is 87.1. The summed E-state index contributed by atoms with van der Waals surface area (Å²) in [6.45, 7) is 35.6. The van der Waals surface area contributed by atoms with E-state index in [1.165, 1.54) is 0 Å². The minimum Gasteiger partial charge on any atom is -0.461 e. The van der Waals surface area contributed by atoms with Crippen LogP contribution in [0.5, 0.6) is 46.0 Å². The Morgan fingerprint density at radius 2 is 0.705 bits per heavy atom. The van der Waals surface area contributed by atoms with E-state index in [1.54, 1.807) is 62.4 Å². The molecule has 6 unspecified atom stereocenters. The molecular formula is C113H105N3O16. The first-order valence-corrected chi connectivity index (χ1v) is 46.0. The van der Waals surface area contributed by atoms with Crippen molar-refractivity contribution in [2.45, 2.75) is 209 Å². The van der Waals surface area contributed by atoms with Gasteiger partial charge in [0.25, 0.3) is 23.6 Å². The van der Waals surface area contributed by atoms with Crippen LogP contribution in [0.15, 0.2) is 215 Å². The van der Waals surface area contributed by atoms with Crippen molar-refractivity contribution in [3.05, 3.63) is 284 Å². The van der Waals surface area contributed by atoms with Gasteiger partial charge in [-0.3, -0.25) is 38.6 Å². The highest BCUT2D eigenvalue weighted by molar-refractivity contribution is 6.45. The molecule has 4 heterocycles. The molecule has 2 fully saturated rings. The van der Waals surface area contributed by atoms with Crippen molar-refractivity contribution in [1.29, 1.82) is 0 Å². The van der Waals surface area contributed by atoms with Gasteiger partial charge in [-0.2, -0.15) is 0 Å². The van der Waals surface area contributed by atoms with Gasteiger partial charge in [-0.1, -0.05) is 178 Å². The standard InChI is InChI=1S/C113H105N3O16/c1-56(2)67-33-39-85(62(13)43-67)127-93-52-80-97-81(109(120)115(108(80)119)105(71-31-37-78-76-27-17-19-29-89(76)131-91(78)49-71)112(123)125-74-25-21-23-66(47-74)48-84(117)60(9)10)53-94(128-86-40-34-68(57(3)4)44-63(86)14)100-102-96(130-88-42-36-70(59(7)8)46-65(88)16)55-83-98-82(54-95(101(104(98)102)99(93)103(97)100)129-87-41-35-69(58(5)6)45-64(87)15)110(121)116(111(83)122)106(72-32-38-79-77-28-18-20-30-90(77)132-92(79)50-72)113(124)126-75-26-22-24-73(51-75)114-107(118)61(11)12/h17-20,27-46,49-50,52-59,66,73-75,105-106H,9,11,21-26,47-48,51H2,1-8,10,12-16H3,(H,114,118). The molecule has 2 saturated carbocycles. The highest BCUT2D eigenvalue weighted by Crippen LogP contribution is 2.60. The number of nitrogens with one attached hydrogen (secondary N) is 1. The number of aryl methyl sites for hydroxylation is 4. The summed E-state index contributed by atoms with van der Waals surface area (Å²) in [7, 11) is 0. The Morgan fingerprint density at radius 1 is 0.371 bits per heavy atom. The van der Waals surface area contributed by atoms with Gasteiger partial charge in [0.2, 0.25) is 5.91 Å². The molecule has 2 aliphatic carbocycles. The van der Waals surface area contributed by atoms with Crippen LogP contribution >= 0.6 is 0 Å². The first-order valence-electron chi connectivity index (χ1n) is 46.0. The van der Waals surface area contributed by atoms with Crippen molar-refractivity contribution >= 4 is 134 Å². The molecule has 1 N–H and O–H groups in total. The Labute approximate surface area is 765 Å². The van der Waals surface area contributed by atoms with Crippen LogP contribution in [0.25, 0.3) is 87.0 Å². The van der Waals surface area contributed by atoms with E-state index < -0.39 is 65.9 Å². The molecule has 19 heteroatoms. The highest BCUT2D eigenvalue weighted by Gasteiger charge is 2.49. The van der Waals surface area contributed by atoms with Crippen LogP contribution in [-0.4, -0.2) is 75.3 Å². The van der Waals surface area contributed by atoms with E-state index in [0.717, 1.165) is 48.2 Å². The average molecular weight is 1760 g/mol. The summed E-state index contributed by atoms with van der Waals surface area (Å²) >= 11 is 0. The molecule has 5 amide bonds. The smallest absolute Gasteiger partial charge is 0.334 e. The number of hydrogen-bond donors (Lipinski definition) is 1. The molecule has 13 aromatic carbocycles. The number of esters is 2. The number of carbonyl (C=O) groups excluding carboxylic acids is 8. The van der Waals surface area contributed by atoms with E-state index >= 15 is 28.8 Å². The molecule has 132 heavy (non-hydrogen) atoms. The van der Waals surface area contributed by atoms with Crippen LogP contribution in [0.3, 0.4) is 0 Å². The van der Waals surface area contributed by atoms with Gasteiger partial charge in [0, 0.05) is 89.1 Å². The van der Waals surface area contributed by atoms with Crippen LogP contribution < -0.4 is 24.3 Å². The largest absolute Gasteiger partial charge is 0.461 e. The summed E-state index contributed by atoms with van der Waals surface area (Å²) in [6, 6.07) is 51.5. The second-order valence-corrected chi connectivity index (χ2v) is 38.0. The lowest BCUT2D eigenvalue weighted by molar-refractivity contribution is -0.157. The number of amides is 5. The van der Waals surface area contributed by atoms with E-state index in [1.807, 2.05) is 161 Å². The van der Waals surface area contributed by atoms with Gasteiger partial charge in [0.1, 0.15) is 80.5 Å². The summed E-state index contributed by atoms with van der Waals surface area (Å²) in [5, 5.41) is 7.76. The van der Waals surface area contributed by atoms with E-state index in [9.17, 15) is 9.59 Å². The third kappa shape index (κ3) is 15.5. The number of nitrogens with zero attached hydrogens (tertiary/aromatic N) is 2. The van der Waals surface area contributed by atoms with Gasteiger partial charge in [-0.15, -0.1) is 0 Å². The van der Waals surface area contributed by atoms with Crippen molar-refractivity contribution in [1.82, 2.24) is 15.1 Å². The number of rotatable bonds is 25. The van der Waals surface area contributed by atoms with E-state index in [2.05, 4.69) is 73.9 Å². The zero-order valence-electron chi connectivity index (χ0n) is 76.8. The Hall–Kier alpha value is -14.2. The lowest BCUT2D eigenvalue weighted by Gasteiger charge is -2.37. The molecule has 4 aliphatic rings. The highest BCUT2D eigenvalue weighted by atomic mass is 16.6. The number of ketones is 1. The third-order valence-corrected chi connectivity index (χ3v) is 27.3. The van der Waals surface area contributed by atoms with Gasteiger partial charge >= 0.3 is 11.9 Å². The van der Waals surface area contributed by atoms with Crippen molar-refractivity contribution in [2.24, 2.45) is 5.92 Å². The van der Waals surface area contributed by atoms with Crippen LogP contribution in [0.2, 0.25) is 0 Å². The predicted molar refractivity (Wildman–Crippen MR) is 514 cm³/mol. The number of carbonyl (C=O) groups is 8. The maximum atomic E-state index is 17.5. The Kier molecular flexibility index (Phi) is 22.6. The van der Waals surface area contributed by atoms with E-state index in [4.69, 9.17) is 37.3 Å². The van der Waals surface area contributed by atoms with Gasteiger partial charge < -0.3 is 42.6 Å². The van der Waals surface area contributed by atoms with Crippen molar-refractivity contribution < 1.29 is 75.6 Å². The van der Waals surface area contributed by atoms with Crippen molar-refractivity contribution in [3.63, 3.8) is 0 Å². The number of benzene rings is 13. The summed E-state index contributed by atoms with van der Waals surface area (Å²) < 4.78 is 57.2. The van der Waals surface area contributed by atoms with Gasteiger partial charge in [0.05, 0.1) is 22.3 Å². The number of furan rings is 2. The minimum absolute atomic E-state index is 0.0359. The number of imide groups is 2. The minimum atomic E-state index is -1.81. The Bertz CT molecular complexity index is 6750. The fourth-order valence-electron chi connectivity index (χ4n) is 20.1. The van der Waals surface area contributed by atoms with Crippen molar-refractivity contribution in [3.8, 4) is 46.0 Å². The van der Waals surface area contributed by atoms with Gasteiger partial charge in [-0.05, 0) is 250 Å². The predicted octanol–water partition coefficient (Wildman–Crippen LogP) is 27.3. The zero-order valence-corrected chi connectivity index (χ0v) is 76.8. The maximum absolute atomic E-state index is 17.5. The fraction of sp³-hybridized carbons (Fsp3) is 0.292. The second-order valence-electron chi connectivity index (χ2n) is 38.0. The maximum Gasteiger partial charge on any atom is 0.334 e. The molecule has 2 aromatic heterocycles. The number of hydrogen-bond acceptors (Lipinski definition) is 16. The lowest BCUT2D eigenvalue weighted by Crippen LogP contribution is -2.47. The van der Waals surface area contributed by atoms with Crippen LogP contribution in [0.4, 0.5) is 0 Å². The summed E-state index contributed by atoms with van der Waals surface area (Å²) in [4.78, 5) is 131. The fourth-order valence-corrected chi connectivity index (χ4v) is 20.1. The average Bonchev–Trinajstić information content (AvgIpc) is 0.766. The quantitative estimate of drug-likeness (QED) is 0.0184. The van der Waals surface area contributed by atoms with Gasteiger partial charge in [-0.25, -0.2) is 9.59 Å². The third-order valence-electron chi connectivity index (χ3n) is 27.3. The molecule has 0 bridgehead atoms. The normalized spacial score (nSPS) is 16.9. The Morgan fingerprint density at radius 3 is 1.05 bits per heavy atom. The molecule has 2 aliphatic heterocycles. The van der Waals surface area contributed by atoms with Crippen molar-refractivity contribution in [2.75, 3.05) is 0 Å². The molecule has 0 radical (unpaired) electrons. The SMILES string of the molecule is C=C(C)C(=O)CC1CCCC(OC(=O)C(c2ccc3c(c2)oc2ccccc23)N2C(=O)c3cc(Oc4ccc(C(C)C)cc4C)c4c5c(Oc6ccc(C(C)C)cc6C)cc6c7c(cc(Oc8ccc(C(C)C)cc8C)c(c8c(Oc9ccc(C(C)C)cc9C)cc(c3c48)C2=O)c75)C(=O)N(C(C(=O)OC2CCCC(NC(=O)C(=C)C)C2)c2ccc3c(c2)oc2ccccc23)C6=O)C1. The zero-order chi connectivity index (χ0) is 92.6. The van der Waals surface area contributed by atoms with E-state index in [0.29, 0.717) is 129 Å². The monoisotopic (exact) mass is 1760 g/mol. The Balaban J connectivity index is 0.925. The van der Waals surface area contributed by atoms with Gasteiger partial charge in [0.15, 0.2) is 17.9 Å². The number of ether oxygens (including phenoxy) is 6. The summed E-state index contributed by atoms with van der Waals surface area (Å²) in [5.41, 5.74) is 9.62. The van der Waals surface area contributed by atoms with Crippen LogP contribution in [0.1, 0.15) is 260 Å². The molecule has 19 rings (SSSR count). The van der Waals surface area contributed by atoms with E-state index in [-0.39, 0.29) is 154 Å². The molecule has 668 valence electrons. The summed E-state index contributed by atoms with van der Waals surface area (Å²) in [5.74, 6) is -4.07. The van der Waals surface area contributed by atoms with Crippen LogP contribution in [-0.2, 0) is 28.7 Å². The number of fused-ring (bicyclic) bond motifs is 8. The van der Waals surface area contributed by atoms with Crippen LogP contribution in [0, 0.1) is 33.6 Å². The topological polar surface area (TPSA) is 237 Å². The number of Topliss-reactive ketones (excluding diaryl/α,β-unsaturated/α-hetero) is 1. The number of allylic oxidation sites excluding steroid dienone is 1. The molecule has 0 spiro atoms. The molecule has 19 nitrogen and oxygen atoms in total. The summed E-state index contributed by atoms with van der Waals surface area (Å²) in [6.07, 6.45) is 2.64. The molecule has 6 atom stereocenters.